The maximum atomic E-state index is 12.3. The summed E-state index contributed by atoms with van der Waals surface area (Å²) in [5, 5.41) is 0. The summed E-state index contributed by atoms with van der Waals surface area (Å²) in [5.74, 6) is 0.418. The standard InChI is InChI=1S/C18H20F3N3O2S3.Au/c19-18(20,21)22-29(25,26)16-3-1-15(2-4-16)23-9-5-13(6-10-23)14-7-11-24(12-8-14)17(27)28;/h1-6,9-10,14,17,27-28H,7-8,11-12H2;/p-2. The molecule has 0 N–H and O–H groups in total. The van der Waals surface area contributed by atoms with E-state index in [9.17, 15) is 21.6 Å². The third-order valence-electron chi connectivity index (χ3n) is 4.81. The van der Waals surface area contributed by atoms with Gasteiger partial charge in [-0.25, -0.2) is 13.1 Å². The molecule has 1 radical (unpaired) electrons. The fraction of sp³-hybridized carbons (Fsp3) is 0.389. The normalized spacial score (nSPS) is 16.5. The average molecular weight is 659 g/mol. The SMILES string of the molecule is O=S(=O)([N-]C(F)(F)F)c1ccc(-[n+]2ccc(C3CCN(C([S-])[S-])CC3)cc2)cc1.[Au]. The van der Waals surface area contributed by atoms with E-state index < -0.39 is 21.2 Å². The Labute approximate surface area is 200 Å². The molecule has 0 unspecified atom stereocenters. The van der Waals surface area contributed by atoms with Crippen LogP contribution < -0.4 is 4.57 Å². The number of hydrogen-bond acceptors (Lipinski definition) is 5. The summed E-state index contributed by atoms with van der Waals surface area (Å²) in [5.41, 5.74) is 1.81. The third-order valence-corrected chi connectivity index (χ3v) is 6.72. The van der Waals surface area contributed by atoms with Gasteiger partial charge < -0.3 is 34.9 Å². The van der Waals surface area contributed by atoms with Crippen molar-refractivity contribution < 1.29 is 48.5 Å². The molecule has 169 valence electrons. The van der Waals surface area contributed by atoms with E-state index >= 15 is 0 Å². The Morgan fingerprint density at radius 1 is 1.03 bits per heavy atom. The first-order valence-corrected chi connectivity index (χ1v) is 11.2. The van der Waals surface area contributed by atoms with Gasteiger partial charge in [-0.3, -0.25) is 0 Å². The second kappa shape index (κ2) is 10.4. The second-order valence-corrected chi connectivity index (χ2v) is 9.48. The summed E-state index contributed by atoms with van der Waals surface area (Å²) in [7, 11) is -4.78. The maximum absolute atomic E-state index is 12.3. The van der Waals surface area contributed by atoms with Crippen molar-refractivity contribution in [2.24, 2.45) is 0 Å². The number of aromatic nitrogens is 1. The summed E-state index contributed by atoms with van der Waals surface area (Å²) < 4.78 is 63.6. The van der Waals surface area contributed by atoms with Gasteiger partial charge in [0.2, 0.25) is 5.69 Å². The van der Waals surface area contributed by atoms with Crippen LogP contribution in [0.5, 0.6) is 0 Å². The summed E-state index contributed by atoms with van der Waals surface area (Å²) in [6.45, 7) is 1.74. The summed E-state index contributed by atoms with van der Waals surface area (Å²) >= 11 is 10.2. The first kappa shape index (κ1) is 25.7. The Balaban J connectivity index is 0.00000320. The molecule has 1 saturated heterocycles. The van der Waals surface area contributed by atoms with E-state index in [1.807, 2.05) is 29.2 Å². The van der Waals surface area contributed by atoms with Crippen molar-refractivity contribution in [2.75, 3.05) is 13.1 Å². The largest absolute Gasteiger partial charge is 0.800 e. The van der Waals surface area contributed by atoms with Gasteiger partial charge in [0.1, 0.15) is 10.0 Å². The molecule has 3 rings (SSSR count). The van der Waals surface area contributed by atoms with Gasteiger partial charge in [-0.1, -0.05) is 0 Å². The van der Waals surface area contributed by atoms with Gasteiger partial charge in [0.25, 0.3) is 0 Å². The molecule has 0 bridgehead atoms. The number of likely N-dealkylation sites (tertiary alicyclic amines) is 1. The monoisotopic (exact) mass is 658 g/mol. The number of benzene rings is 1. The smallest absolute Gasteiger partial charge is 0.323 e. The Kier molecular flexibility index (Phi) is 8.91. The first-order valence-electron chi connectivity index (χ1n) is 8.78. The van der Waals surface area contributed by atoms with Gasteiger partial charge in [0.15, 0.2) is 12.4 Å². The zero-order chi connectivity index (χ0) is 21.2. The molecule has 0 atom stereocenters. The molecule has 5 nitrogen and oxygen atoms in total. The Morgan fingerprint density at radius 2 is 1.57 bits per heavy atom. The van der Waals surface area contributed by atoms with E-state index in [0.29, 0.717) is 11.6 Å². The fourth-order valence-electron chi connectivity index (χ4n) is 3.31. The van der Waals surface area contributed by atoms with Crippen LogP contribution in [0, 0.1) is 0 Å². The van der Waals surface area contributed by atoms with Crippen LogP contribution >= 0.6 is 0 Å². The number of halogens is 3. The molecule has 0 aliphatic carbocycles. The van der Waals surface area contributed by atoms with Gasteiger partial charge in [0, 0.05) is 51.5 Å². The second-order valence-electron chi connectivity index (χ2n) is 6.68. The number of pyridine rings is 1. The number of alkyl halides is 3. The van der Waals surface area contributed by atoms with Crippen LogP contribution in [-0.2, 0) is 57.7 Å². The van der Waals surface area contributed by atoms with Crippen molar-refractivity contribution in [1.29, 1.82) is 0 Å². The number of rotatable bonds is 5. The summed E-state index contributed by atoms with van der Waals surface area (Å²) in [6, 6.07) is 9.06. The van der Waals surface area contributed by atoms with E-state index in [1.165, 1.54) is 17.7 Å². The van der Waals surface area contributed by atoms with Crippen molar-refractivity contribution in [3.63, 3.8) is 0 Å². The van der Waals surface area contributed by atoms with Crippen LogP contribution in [0.25, 0.3) is 10.4 Å². The molecule has 1 aromatic heterocycles. The van der Waals surface area contributed by atoms with Crippen molar-refractivity contribution >= 4 is 35.3 Å². The molecule has 1 fully saturated rings. The van der Waals surface area contributed by atoms with Crippen molar-refractivity contribution in [2.45, 2.75) is 34.7 Å². The van der Waals surface area contributed by atoms with Crippen LogP contribution in [0.1, 0.15) is 24.3 Å². The topological polar surface area (TPSA) is 55.4 Å². The van der Waals surface area contributed by atoms with E-state index in [0.717, 1.165) is 38.1 Å². The molecular weight excluding hydrogens is 640 g/mol. The molecule has 0 amide bonds. The predicted molar refractivity (Wildman–Crippen MR) is 107 cm³/mol. The molecule has 2 heterocycles. The van der Waals surface area contributed by atoms with Crippen molar-refractivity contribution in [3.05, 3.63) is 59.1 Å². The molecule has 0 spiro atoms. The minimum atomic E-state index is -5.14. The summed E-state index contributed by atoms with van der Waals surface area (Å²) in [4.78, 5) is 1.59. The quantitative estimate of drug-likeness (QED) is 0.214. The van der Waals surface area contributed by atoms with E-state index in [4.69, 9.17) is 25.3 Å². The van der Waals surface area contributed by atoms with Gasteiger partial charge in [0.05, 0.1) is 0 Å². The molecule has 2 aromatic rings. The number of piperidine rings is 1. The minimum Gasteiger partial charge on any atom is -0.800 e. The van der Waals surface area contributed by atoms with Gasteiger partial charge in [-0.15, -0.1) is 0 Å². The first-order chi connectivity index (χ1) is 13.5. The van der Waals surface area contributed by atoms with Crippen LogP contribution in [0.2, 0.25) is 0 Å². The van der Waals surface area contributed by atoms with E-state index in [1.54, 1.807) is 4.57 Å². The van der Waals surface area contributed by atoms with Gasteiger partial charge >= 0.3 is 6.30 Å². The molecule has 12 heteroatoms. The average Bonchev–Trinajstić information content (AvgIpc) is 2.66. The van der Waals surface area contributed by atoms with Crippen molar-refractivity contribution in [3.8, 4) is 5.69 Å². The van der Waals surface area contributed by atoms with Crippen molar-refractivity contribution in [1.82, 2.24) is 4.90 Å². The van der Waals surface area contributed by atoms with Crippen LogP contribution in [0.3, 0.4) is 0 Å². The molecular formula is C18H18AuF3N3O2S3-2. The molecule has 30 heavy (non-hydrogen) atoms. The third kappa shape index (κ3) is 6.73. The molecule has 0 saturated carbocycles. The minimum absolute atomic E-state index is 0. The Bertz CT molecular complexity index is 932. The van der Waals surface area contributed by atoms with E-state index in [2.05, 4.69) is 4.90 Å². The van der Waals surface area contributed by atoms with Gasteiger partial charge in [-0.05, 0) is 49.5 Å². The predicted octanol–water partition coefficient (Wildman–Crippen LogP) is 3.10. The Hall–Kier alpha value is -0.530. The summed E-state index contributed by atoms with van der Waals surface area (Å²) in [6.07, 6.45) is 0.490. The van der Waals surface area contributed by atoms with Gasteiger partial charge in [-0.2, -0.15) is 17.7 Å². The number of sulfonamides is 1. The fourth-order valence-corrected chi connectivity index (χ4v) is 4.58. The number of hydrogen-bond donors (Lipinski definition) is 0. The van der Waals surface area contributed by atoms with Crippen LogP contribution in [0.4, 0.5) is 13.2 Å². The molecule has 1 aliphatic heterocycles. The zero-order valence-electron chi connectivity index (χ0n) is 15.4. The maximum Gasteiger partial charge on any atom is 0.323 e. The Morgan fingerprint density at radius 3 is 2.03 bits per heavy atom. The zero-order valence-corrected chi connectivity index (χ0v) is 20.0. The van der Waals surface area contributed by atoms with E-state index in [-0.39, 0.29) is 27.1 Å². The number of nitrogens with zero attached hydrogens (tertiary/aromatic N) is 3. The van der Waals surface area contributed by atoms with Crippen LogP contribution in [0.15, 0.2) is 53.7 Å². The van der Waals surface area contributed by atoms with Crippen LogP contribution in [-0.4, -0.2) is 37.4 Å². The molecule has 1 aromatic carbocycles. The molecule has 1 aliphatic rings.